The summed E-state index contributed by atoms with van der Waals surface area (Å²) in [4.78, 5) is 14.3. The van der Waals surface area contributed by atoms with E-state index in [9.17, 15) is 4.79 Å². The minimum Gasteiger partial charge on any atom is -0.343 e. The van der Waals surface area contributed by atoms with E-state index >= 15 is 0 Å². The fourth-order valence-corrected chi connectivity index (χ4v) is 5.46. The lowest BCUT2D eigenvalue weighted by Gasteiger charge is -2.48. The number of rotatable bonds is 3. The molecule has 1 aliphatic carbocycles. The molecule has 2 fully saturated rings. The van der Waals surface area contributed by atoms with E-state index in [1.54, 1.807) is 11.0 Å². The molecule has 3 aliphatic rings. The van der Waals surface area contributed by atoms with Gasteiger partial charge in [-0.3, -0.25) is 4.79 Å². The predicted octanol–water partition coefficient (Wildman–Crippen LogP) is 2.76. The summed E-state index contributed by atoms with van der Waals surface area (Å²) < 4.78 is 0. The Kier molecular flexibility index (Phi) is 5.03. The number of allylic oxidation sites excluding steroid dienone is 4. The van der Waals surface area contributed by atoms with Gasteiger partial charge in [0.2, 0.25) is 11.9 Å². The molecule has 1 spiro atoms. The van der Waals surface area contributed by atoms with Gasteiger partial charge in [-0.05, 0) is 44.1 Å². The highest BCUT2D eigenvalue weighted by molar-refractivity contribution is 8.26. The number of carbonyl (C=O) groups is 1. The lowest BCUT2D eigenvalue weighted by molar-refractivity contribution is -0.132. The number of fused-ring (bicyclic) bond motifs is 2. The van der Waals surface area contributed by atoms with Gasteiger partial charge >= 0.3 is 0 Å². The zero-order valence-electron chi connectivity index (χ0n) is 13.9. The molecule has 2 heterocycles. The largest absolute Gasteiger partial charge is 0.343 e. The number of nitrogens with zero attached hydrogens (tertiary/aromatic N) is 1. The number of likely N-dealkylation sites (tertiary alicyclic amines) is 1. The summed E-state index contributed by atoms with van der Waals surface area (Å²) in [6, 6.07) is 0. The Morgan fingerprint density at radius 2 is 2.09 bits per heavy atom. The molecule has 0 aromatic rings. The van der Waals surface area contributed by atoms with Crippen LogP contribution in [0.15, 0.2) is 23.2 Å². The fraction of sp³-hybridized carbons (Fsp3) is 0.706. The molecule has 0 radical (unpaired) electrons. The molecule has 120 valence electrons. The van der Waals surface area contributed by atoms with Crippen LogP contribution >= 0.6 is 11.6 Å². The van der Waals surface area contributed by atoms with E-state index in [1.165, 1.54) is 18.6 Å². The standard InChI is InChI=1S/C17H27BN2OS/c1-18-15-6-4-3-5-14(15)17(13-22-18)8-11-20(12-9-17)16(21)7-10-19-2/h5-6,19H,3-4,7-13H2,1-2H3. The molecule has 1 N–H and O–H groups in total. The van der Waals surface area contributed by atoms with Gasteiger partial charge in [-0.1, -0.05) is 24.4 Å². The van der Waals surface area contributed by atoms with Gasteiger partial charge in [-0.25, -0.2) is 11.6 Å². The molecular formula is C17H27BN2OS. The van der Waals surface area contributed by atoms with Crippen molar-refractivity contribution in [2.75, 3.05) is 32.4 Å². The van der Waals surface area contributed by atoms with Crippen LogP contribution < -0.4 is 5.32 Å². The topological polar surface area (TPSA) is 32.3 Å². The van der Waals surface area contributed by atoms with Crippen molar-refractivity contribution < 1.29 is 4.79 Å². The Morgan fingerprint density at radius 1 is 1.36 bits per heavy atom. The fourth-order valence-electron chi connectivity index (χ4n) is 4.04. The highest BCUT2D eigenvalue weighted by atomic mass is 32.2. The van der Waals surface area contributed by atoms with Gasteiger partial charge in [-0.2, -0.15) is 0 Å². The first-order valence-electron chi connectivity index (χ1n) is 8.61. The van der Waals surface area contributed by atoms with Crippen molar-refractivity contribution in [3.8, 4) is 0 Å². The van der Waals surface area contributed by atoms with Crippen molar-refractivity contribution in [3.63, 3.8) is 0 Å². The van der Waals surface area contributed by atoms with Gasteiger partial charge in [0.25, 0.3) is 0 Å². The van der Waals surface area contributed by atoms with Gasteiger partial charge in [-0.15, -0.1) is 0 Å². The molecule has 0 bridgehead atoms. The Labute approximate surface area is 138 Å². The van der Waals surface area contributed by atoms with Crippen LogP contribution in [0.4, 0.5) is 0 Å². The average molecular weight is 318 g/mol. The molecule has 2 aliphatic heterocycles. The first-order chi connectivity index (χ1) is 10.7. The van der Waals surface area contributed by atoms with Crippen molar-refractivity contribution >= 4 is 23.5 Å². The molecule has 3 nitrogen and oxygen atoms in total. The Hall–Kier alpha value is -0.675. The Bertz CT molecular complexity index is 495. The molecule has 5 heteroatoms. The summed E-state index contributed by atoms with van der Waals surface area (Å²) in [6.07, 6.45) is 10.3. The summed E-state index contributed by atoms with van der Waals surface area (Å²) in [5.74, 6) is 2.19. The van der Waals surface area contributed by atoms with Crippen molar-refractivity contribution in [1.82, 2.24) is 10.2 Å². The van der Waals surface area contributed by atoms with Crippen LogP contribution in [0.1, 0.15) is 32.1 Å². The van der Waals surface area contributed by atoms with E-state index in [-0.39, 0.29) is 0 Å². The number of nitrogens with one attached hydrogen (secondary N) is 1. The summed E-state index contributed by atoms with van der Waals surface area (Å²) in [7, 11) is 1.91. The van der Waals surface area contributed by atoms with Gasteiger partial charge in [0, 0.05) is 31.5 Å². The zero-order valence-corrected chi connectivity index (χ0v) is 14.7. The van der Waals surface area contributed by atoms with Gasteiger partial charge < -0.3 is 10.2 Å². The smallest absolute Gasteiger partial charge is 0.238 e. The van der Waals surface area contributed by atoms with E-state index in [2.05, 4.69) is 40.8 Å². The van der Waals surface area contributed by atoms with Gasteiger partial charge in [0.1, 0.15) is 0 Å². The third-order valence-corrected chi connectivity index (χ3v) is 6.94. The first kappa shape index (κ1) is 16.2. The highest BCUT2D eigenvalue weighted by Gasteiger charge is 2.44. The van der Waals surface area contributed by atoms with E-state index in [0.29, 0.717) is 23.7 Å². The maximum Gasteiger partial charge on any atom is 0.238 e. The van der Waals surface area contributed by atoms with Crippen LogP contribution in [0.2, 0.25) is 6.82 Å². The second-order valence-electron chi connectivity index (χ2n) is 6.82. The molecule has 0 atom stereocenters. The Balaban J connectivity index is 1.68. The summed E-state index contributed by atoms with van der Waals surface area (Å²) in [6.45, 7) is 5.00. The van der Waals surface area contributed by atoms with Crippen LogP contribution in [0.25, 0.3) is 0 Å². The zero-order chi connectivity index (χ0) is 15.6. The molecule has 0 unspecified atom stereocenters. The van der Waals surface area contributed by atoms with E-state index in [4.69, 9.17) is 0 Å². The number of amides is 1. The second kappa shape index (κ2) is 6.83. The van der Waals surface area contributed by atoms with Crippen LogP contribution in [-0.2, 0) is 4.79 Å². The normalized spacial score (nSPS) is 23.9. The van der Waals surface area contributed by atoms with Crippen LogP contribution in [0.5, 0.6) is 0 Å². The number of hydrogen-bond acceptors (Lipinski definition) is 3. The lowest BCUT2D eigenvalue weighted by Crippen LogP contribution is -2.48. The van der Waals surface area contributed by atoms with Crippen LogP contribution in [-0.4, -0.2) is 49.2 Å². The molecule has 3 rings (SSSR count). The summed E-state index contributed by atoms with van der Waals surface area (Å²) in [5.41, 5.74) is 3.56. The third-order valence-electron chi connectivity index (χ3n) is 5.47. The van der Waals surface area contributed by atoms with Crippen molar-refractivity contribution in [2.45, 2.75) is 38.9 Å². The second-order valence-corrected chi connectivity index (χ2v) is 8.15. The van der Waals surface area contributed by atoms with Gasteiger partial charge in [0.15, 0.2) is 0 Å². The molecule has 0 aromatic carbocycles. The lowest BCUT2D eigenvalue weighted by atomic mass is 9.56. The van der Waals surface area contributed by atoms with Crippen molar-refractivity contribution in [2.24, 2.45) is 5.41 Å². The third kappa shape index (κ3) is 3.02. The SMILES string of the molecule is CNCCC(=O)N1CCC2(CC1)CSB(C)C1=CCCC=C12. The minimum absolute atomic E-state index is 0.314. The molecule has 2 saturated heterocycles. The molecule has 1 amide bonds. The Morgan fingerprint density at radius 3 is 2.82 bits per heavy atom. The van der Waals surface area contributed by atoms with Crippen molar-refractivity contribution in [3.05, 3.63) is 23.2 Å². The van der Waals surface area contributed by atoms with Crippen LogP contribution in [0, 0.1) is 5.41 Å². The maximum atomic E-state index is 12.2. The summed E-state index contributed by atoms with van der Waals surface area (Å²) in [5, 5.41) is 3.07. The van der Waals surface area contributed by atoms with E-state index in [0.717, 1.165) is 32.5 Å². The monoisotopic (exact) mass is 318 g/mol. The molecule has 0 saturated carbocycles. The number of hydrogen-bond donors (Lipinski definition) is 1. The average Bonchev–Trinajstić information content (AvgIpc) is 2.57. The quantitative estimate of drug-likeness (QED) is 0.812. The molecule has 22 heavy (non-hydrogen) atoms. The van der Waals surface area contributed by atoms with Crippen molar-refractivity contribution in [1.29, 1.82) is 0 Å². The van der Waals surface area contributed by atoms with Gasteiger partial charge in [0.05, 0.1) is 0 Å². The van der Waals surface area contributed by atoms with E-state index < -0.39 is 0 Å². The van der Waals surface area contributed by atoms with Crippen LogP contribution in [0.3, 0.4) is 0 Å². The highest BCUT2D eigenvalue weighted by Crippen LogP contribution is 2.51. The summed E-state index contributed by atoms with van der Waals surface area (Å²) >= 11 is 2.11. The first-order valence-corrected chi connectivity index (χ1v) is 9.66. The number of piperidine rings is 1. The maximum absolute atomic E-state index is 12.2. The molecular weight excluding hydrogens is 291 g/mol. The molecule has 0 aromatic heterocycles. The number of carbonyl (C=O) groups excluding carboxylic acids is 1. The van der Waals surface area contributed by atoms with E-state index in [1.807, 2.05) is 7.05 Å². The predicted molar refractivity (Wildman–Crippen MR) is 96.3 cm³/mol. The minimum atomic E-state index is 0.314.